The van der Waals surface area contributed by atoms with Crippen molar-refractivity contribution in [3.63, 3.8) is 0 Å². The summed E-state index contributed by atoms with van der Waals surface area (Å²) in [5.74, 6) is 2.45. The first-order valence-corrected chi connectivity index (χ1v) is 4.24. The van der Waals surface area contributed by atoms with Crippen LogP contribution in [0, 0.1) is 12.3 Å². The molecule has 3 nitrogen and oxygen atoms in total. The molecule has 1 rings (SSSR count). The van der Waals surface area contributed by atoms with Crippen molar-refractivity contribution in [3.8, 4) is 12.3 Å². The molecule has 1 aliphatic rings. The highest BCUT2D eigenvalue weighted by molar-refractivity contribution is 4.87. The highest BCUT2D eigenvalue weighted by Crippen LogP contribution is 2.00. The molecule has 0 bridgehead atoms. The van der Waals surface area contributed by atoms with Crippen LogP contribution in [-0.4, -0.2) is 49.0 Å². The lowest BCUT2D eigenvalue weighted by Crippen LogP contribution is -2.40. The largest absolute Gasteiger partial charge is 0.391 e. The second-order valence-corrected chi connectivity index (χ2v) is 2.98. The summed E-state index contributed by atoms with van der Waals surface area (Å²) >= 11 is 0. The van der Waals surface area contributed by atoms with E-state index >= 15 is 0 Å². The Bertz CT molecular complexity index is 158. The van der Waals surface area contributed by atoms with E-state index in [9.17, 15) is 5.11 Å². The monoisotopic (exact) mass is 169 g/mol. The van der Waals surface area contributed by atoms with Gasteiger partial charge in [-0.2, -0.15) is 0 Å². The van der Waals surface area contributed by atoms with Crippen molar-refractivity contribution in [3.05, 3.63) is 0 Å². The molecule has 1 N–H and O–H groups in total. The molecule has 1 saturated heterocycles. The summed E-state index contributed by atoms with van der Waals surface area (Å²) in [6, 6.07) is 0. The number of nitrogens with zero attached hydrogens (tertiary/aromatic N) is 1. The van der Waals surface area contributed by atoms with Gasteiger partial charge in [0.15, 0.2) is 0 Å². The molecule has 0 amide bonds. The Morgan fingerprint density at radius 2 is 2.17 bits per heavy atom. The van der Waals surface area contributed by atoms with E-state index in [1.807, 2.05) is 0 Å². The van der Waals surface area contributed by atoms with E-state index in [1.54, 1.807) is 0 Å². The zero-order valence-electron chi connectivity index (χ0n) is 7.20. The first-order chi connectivity index (χ1) is 5.83. The number of morpholine rings is 1. The molecule has 0 spiro atoms. The fourth-order valence-corrected chi connectivity index (χ4v) is 1.28. The molecule has 1 fully saturated rings. The van der Waals surface area contributed by atoms with Crippen molar-refractivity contribution in [2.75, 3.05) is 32.8 Å². The average Bonchev–Trinajstić information content (AvgIpc) is 2.06. The molecule has 1 heterocycles. The molecule has 68 valence electrons. The number of rotatable bonds is 3. The van der Waals surface area contributed by atoms with Gasteiger partial charge in [-0.1, -0.05) is 0 Å². The van der Waals surface area contributed by atoms with Gasteiger partial charge in [-0.15, -0.1) is 12.3 Å². The lowest BCUT2D eigenvalue weighted by Gasteiger charge is -2.27. The topological polar surface area (TPSA) is 32.7 Å². The zero-order valence-corrected chi connectivity index (χ0v) is 7.20. The van der Waals surface area contributed by atoms with E-state index in [0.29, 0.717) is 13.0 Å². The van der Waals surface area contributed by atoms with Gasteiger partial charge in [-0.3, -0.25) is 4.90 Å². The Morgan fingerprint density at radius 3 is 2.75 bits per heavy atom. The summed E-state index contributed by atoms with van der Waals surface area (Å²) in [6.45, 7) is 4.02. The van der Waals surface area contributed by atoms with E-state index in [0.717, 1.165) is 26.3 Å². The minimum Gasteiger partial charge on any atom is -0.391 e. The molecular weight excluding hydrogens is 154 g/mol. The molecule has 0 aliphatic carbocycles. The van der Waals surface area contributed by atoms with Gasteiger partial charge in [0.05, 0.1) is 19.3 Å². The molecule has 0 radical (unpaired) electrons. The first kappa shape index (κ1) is 9.53. The van der Waals surface area contributed by atoms with Crippen LogP contribution in [0.15, 0.2) is 0 Å². The Kier molecular flexibility index (Phi) is 4.09. The van der Waals surface area contributed by atoms with Gasteiger partial charge >= 0.3 is 0 Å². The third-order valence-corrected chi connectivity index (χ3v) is 1.93. The second kappa shape index (κ2) is 5.15. The summed E-state index contributed by atoms with van der Waals surface area (Å²) in [6.07, 6.45) is 5.14. The Hall–Kier alpha value is -0.560. The van der Waals surface area contributed by atoms with Gasteiger partial charge < -0.3 is 9.84 Å². The number of β-amino-alcohol motifs (C(OH)–C–C–N with tert-alkyl or cyclic N) is 1. The van der Waals surface area contributed by atoms with Crippen molar-refractivity contribution in [1.29, 1.82) is 0 Å². The quantitative estimate of drug-likeness (QED) is 0.589. The molecule has 12 heavy (non-hydrogen) atoms. The van der Waals surface area contributed by atoms with Crippen LogP contribution in [0.1, 0.15) is 6.42 Å². The number of hydrogen-bond acceptors (Lipinski definition) is 3. The molecule has 3 heteroatoms. The van der Waals surface area contributed by atoms with Gasteiger partial charge in [0, 0.05) is 26.1 Å². The van der Waals surface area contributed by atoms with Gasteiger partial charge in [0.25, 0.3) is 0 Å². The van der Waals surface area contributed by atoms with Crippen molar-refractivity contribution in [2.24, 2.45) is 0 Å². The van der Waals surface area contributed by atoms with Crippen LogP contribution in [0.25, 0.3) is 0 Å². The molecule has 0 aromatic rings. The number of aliphatic hydroxyl groups is 1. The third kappa shape index (κ3) is 3.22. The zero-order chi connectivity index (χ0) is 8.81. The van der Waals surface area contributed by atoms with E-state index in [2.05, 4.69) is 10.8 Å². The molecular formula is C9H15NO2. The fraction of sp³-hybridized carbons (Fsp3) is 0.778. The predicted octanol–water partition coefficient (Wildman–Crippen LogP) is -0.297. The van der Waals surface area contributed by atoms with Gasteiger partial charge in [-0.05, 0) is 0 Å². The van der Waals surface area contributed by atoms with Crippen molar-refractivity contribution < 1.29 is 9.84 Å². The minimum absolute atomic E-state index is 0.381. The Labute approximate surface area is 73.3 Å². The minimum atomic E-state index is -0.381. The maximum absolute atomic E-state index is 9.38. The lowest BCUT2D eigenvalue weighted by atomic mass is 10.2. The lowest BCUT2D eigenvalue weighted by molar-refractivity contribution is 0.0157. The van der Waals surface area contributed by atoms with Gasteiger partial charge in [0.1, 0.15) is 0 Å². The summed E-state index contributed by atoms with van der Waals surface area (Å²) in [5, 5.41) is 9.38. The number of ether oxygens (including phenoxy) is 1. The van der Waals surface area contributed by atoms with Gasteiger partial charge in [-0.25, -0.2) is 0 Å². The summed E-state index contributed by atoms with van der Waals surface area (Å²) in [5.41, 5.74) is 0. The maximum Gasteiger partial charge on any atom is 0.0776 e. The summed E-state index contributed by atoms with van der Waals surface area (Å²) in [7, 11) is 0. The molecule has 0 aromatic heterocycles. The van der Waals surface area contributed by atoms with E-state index in [-0.39, 0.29) is 6.10 Å². The molecule has 0 saturated carbocycles. The van der Waals surface area contributed by atoms with E-state index in [1.165, 1.54) is 0 Å². The average molecular weight is 169 g/mol. The van der Waals surface area contributed by atoms with Crippen LogP contribution in [0.5, 0.6) is 0 Å². The molecule has 1 atom stereocenters. The SMILES string of the molecule is C#CCC(O)CN1CCOCC1. The highest BCUT2D eigenvalue weighted by Gasteiger charge is 2.13. The normalized spacial score (nSPS) is 21.7. The van der Waals surface area contributed by atoms with E-state index in [4.69, 9.17) is 11.2 Å². The third-order valence-electron chi connectivity index (χ3n) is 1.93. The maximum atomic E-state index is 9.38. The number of terminal acetylenes is 1. The van der Waals surface area contributed by atoms with Crippen molar-refractivity contribution in [2.45, 2.75) is 12.5 Å². The summed E-state index contributed by atoms with van der Waals surface area (Å²) < 4.78 is 5.18. The van der Waals surface area contributed by atoms with Crippen LogP contribution < -0.4 is 0 Å². The van der Waals surface area contributed by atoms with Crippen LogP contribution in [-0.2, 0) is 4.74 Å². The van der Waals surface area contributed by atoms with Crippen LogP contribution in [0.2, 0.25) is 0 Å². The smallest absolute Gasteiger partial charge is 0.0776 e. The van der Waals surface area contributed by atoms with Crippen LogP contribution >= 0.6 is 0 Å². The van der Waals surface area contributed by atoms with Crippen molar-refractivity contribution in [1.82, 2.24) is 4.90 Å². The fourth-order valence-electron chi connectivity index (χ4n) is 1.28. The van der Waals surface area contributed by atoms with E-state index < -0.39 is 0 Å². The first-order valence-electron chi connectivity index (χ1n) is 4.24. The molecule has 0 aromatic carbocycles. The van der Waals surface area contributed by atoms with Crippen LogP contribution in [0.3, 0.4) is 0 Å². The van der Waals surface area contributed by atoms with Crippen LogP contribution in [0.4, 0.5) is 0 Å². The Balaban J connectivity index is 2.16. The Morgan fingerprint density at radius 1 is 1.50 bits per heavy atom. The highest BCUT2D eigenvalue weighted by atomic mass is 16.5. The predicted molar refractivity (Wildman–Crippen MR) is 46.7 cm³/mol. The number of hydrogen-bond donors (Lipinski definition) is 1. The second-order valence-electron chi connectivity index (χ2n) is 2.98. The molecule has 1 aliphatic heterocycles. The van der Waals surface area contributed by atoms with Gasteiger partial charge in [0.2, 0.25) is 0 Å². The molecule has 1 unspecified atom stereocenters. The standard InChI is InChI=1S/C9H15NO2/c1-2-3-9(11)8-10-4-6-12-7-5-10/h1,9,11H,3-8H2. The van der Waals surface area contributed by atoms with Crippen molar-refractivity contribution >= 4 is 0 Å². The summed E-state index contributed by atoms with van der Waals surface area (Å²) in [4.78, 5) is 2.17. The number of aliphatic hydroxyl groups excluding tert-OH is 1.